The van der Waals surface area contributed by atoms with Crippen LogP contribution in [-0.4, -0.2) is 25.5 Å². The van der Waals surface area contributed by atoms with Gasteiger partial charge in [0.1, 0.15) is 0 Å². The Balaban J connectivity index is 1.58. The van der Waals surface area contributed by atoms with Crippen molar-refractivity contribution in [2.45, 2.75) is 0 Å². The van der Waals surface area contributed by atoms with Crippen LogP contribution in [0.1, 0.15) is 10.4 Å². The molecule has 2 amide bonds. The maximum absolute atomic E-state index is 12.2. The summed E-state index contributed by atoms with van der Waals surface area (Å²) in [5, 5.41) is 5.55. The molecule has 3 aromatic rings. The highest BCUT2D eigenvalue weighted by molar-refractivity contribution is 6.04. The number of hydrogen-bond acceptors (Lipinski definition) is 4. The minimum Gasteiger partial charge on any atom is -0.493 e. The molecular weight excluding hydrogens is 356 g/mol. The van der Waals surface area contributed by atoms with Crippen LogP contribution in [0.4, 0.5) is 11.4 Å². The largest absolute Gasteiger partial charge is 0.493 e. The summed E-state index contributed by atoms with van der Waals surface area (Å²) in [6.45, 7) is -0.166. The van der Waals surface area contributed by atoms with Gasteiger partial charge in [0.25, 0.3) is 11.8 Å². The first kappa shape index (κ1) is 19.0. The van der Waals surface area contributed by atoms with E-state index in [2.05, 4.69) is 10.6 Å². The fourth-order valence-electron chi connectivity index (χ4n) is 2.55. The molecule has 0 aromatic heterocycles. The second kappa shape index (κ2) is 9.23. The van der Waals surface area contributed by atoms with Crippen molar-refractivity contribution in [1.29, 1.82) is 0 Å². The number of rotatable bonds is 7. The molecule has 0 saturated carbocycles. The van der Waals surface area contributed by atoms with Crippen LogP contribution in [-0.2, 0) is 4.79 Å². The van der Waals surface area contributed by atoms with E-state index in [1.54, 1.807) is 66.7 Å². The van der Waals surface area contributed by atoms with E-state index in [-0.39, 0.29) is 18.4 Å². The smallest absolute Gasteiger partial charge is 0.262 e. The molecule has 0 atom stereocenters. The average molecular weight is 376 g/mol. The summed E-state index contributed by atoms with van der Waals surface area (Å²) in [5.74, 6) is 0.506. The fourth-order valence-corrected chi connectivity index (χ4v) is 2.55. The first-order valence-electron chi connectivity index (χ1n) is 8.68. The van der Waals surface area contributed by atoms with Crippen LogP contribution in [0.3, 0.4) is 0 Å². The number of carbonyl (C=O) groups is 2. The topological polar surface area (TPSA) is 76.7 Å². The molecule has 28 heavy (non-hydrogen) atoms. The number of methoxy groups -OCH3 is 1. The van der Waals surface area contributed by atoms with E-state index in [0.717, 1.165) is 0 Å². The minimum absolute atomic E-state index is 0.166. The summed E-state index contributed by atoms with van der Waals surface area (Å²) >= 11 is 0. The van der Waals surface area contributed by atoms with Crippen molar-refractivity contribution < 1.29 is 19.1 Å². The third-order valence-corrected chi connectivity index (χ3v) is 3.87. The molecule has 0 unspecified atom stereocenters. The van der Waals surface area contributed by atoms with E-state index >= 15 is 0 Å². The van der Waals surface area contributed by atoms with Crippen molar-refractivity contribution in [2.24, 2.45) is 0 Å². The Morgan fingerprint density at radius 2 is 1.43 bits per heavy atom. The summed E-state index contributed by atoms with van der Waals surface area (Å²) in [6.07, 6.45) is 0. The van der Waals surface area contributed by atoms with Crippen molar-refractivity contribution in [3.63, 3.8) is 0 Å². The Morgan fingerprint density at radius 3 is 2.14 bits per heavy atom. The van der Waals surface area contributed by atoms with E-state index < -0.39 is 0 Å². The van der Waals surface area contributed by atoms with Crippen molar-refractivity contribution in [3.8, 4) is 11.5 Å². The summed E-state index contributed by atoms with van der Waals surface area (Å²) < 4.78 is 10.7. The van der Waals surface area contributed by atoms with Crippen molar-refractivity contribution in [2.75, 3.05) is 24.4 Å². The highest BCUT2D eigenvalue weighted by Gasteiger charge is 2.09. The van der Waals surface area contributed by atoms with Crippen LogP contribution in [0.25, 0.3) is 0 Å². The van der Waals surface area contributed by atoms with Gasteiger partial charge in [0.05, 0.1) is 7.11 Å². The molecule has 0 heterocycles. The maximum Gasteiger partial charge on any atom is 0.262 e. The fraction of sp³-hybridized carbons (Fsp3) is 0.0909. The van der Waals surface area contributed by atoms with Crippen LogP contribution < -0.4 is 20.1 Å². The molecule has 6 nitrogen and oxygen atoms in total. The summed E-state index contributed by atoms with van der Waals surface area (Å²) in [5.41, 5.74) is 1.69. The Labute approximate surface area is 163 Å². The van der Waals surface area contributed by atoms with Crippen LogP contribution in [0.2, 0.25) is 0 Å². The molecule has 0 bridgehead atoms. The van der Waals surface area contributed by atoms with E-state index in [0.29, 0.717) is 28.4 Å². The van der Waals surface area contributed by atoms with E-state index in [9.17, 15) is 9.59 Å². The van der Waals surface area contributed by atoms with Gasteiger partial charge in [-0.15, -0.1) is 0 Å². The second-order valence-corrected chi connectivity index (χ2v) is 5.89. The molecule has 3 rings (SSSR count). The van der Waals surface area contributed by atoms with E-state index in [1.165, 1.54) is 7.11 Å². The van der Waals surface area contributed by atoms with Gasteiger partial charge in [-0.2, -0.15) is 0 Å². The van der Waals surface area contributed by atoms with Gasteiger partial charge in [0.15, 0.2) is 18.1 Å². The standard InChI is InChI=1S/C22H20N2O4/c1-27-19-12-5-6-13-20(19)28-15-21(25)23-17-10-7-11-18(14-17)24-22(26)16-8-3-2-4-9-16/h2-14H,15H2,1H3,(H,23,25)(H,24,26). The number of para-hydroxylation sites is 2. The lowest BCUT2D eigenvalue weighted by molar-refractivity contribution is -0.118. The molecule has 0 fully saturated rings. The van der Waals surface area contributed by atoms with Gasteiger partial charge in [-0.1, -0.05) is 36.4 Å². The lowest BCUT2D eigenvalue weighted by atomic mass is 10.2. The van der Waals surface area contributed by atoms with Gasteiger partial charge in [0, 0.05) is 16.9 Å². The number of ether oxygens (including phenoxy) is 2. The van der Waals surface area contributed by atoms with Crippen molar-refractivity contribution in [3.05, 3.63) is 84.4 Å². The maximum atomic E-state index is 12.2. The molecule has 0 radical (unpaired) electrons. The first-order valence-corrected chi connectivity index (χ1v) is 8.68. The average Bonchev–Trinajstić information content (AvgIpc) is 2.73. The zero-order chi connectivity index (χ0) is 19.8. The second-order valence-electron chi connectivity index (χ2n) is 5.89. The monoisotopic (exact) mass is 376 g/mol. The van der Waals surface area contributed by atoms with Gasteiger partial charge in [-0.25, -0.2) is 0 Å². The Morgan fingerprint density at radius 1 is 0.786 bits per heavy atom. The number of hydrogen-bond donors (Lipinski definition) is 2. The zero-order valence-corrected chi connectivity index (χ0v) is 15.3. The third kappa shape index (κ3) is 5.11. The molecule has 0 aliphatic rings. The first-order chi connectivity index (χ1) is 13.7. The molecule has 6 heteroatoms. The lowest BCUT2D eigenvalue weighted by Gasteiger charge is -2.11. The zero-order valence-electron chi connectivity index (χ0n) is 15.3. The molecular formula is C22H20N2O4. The molecule has 0 saturated heterocycles. The third-order valence-electron chi connectivity index (χ3n) is 3.87. The van der Waals surface area contributed by atoms with E-state index in [1.807, 2.05) is 12.1 Å². The molecule has 0 aliphatic carbocycles. The number of benzene rings is 3. The van der Waals surface area contributed by atoms with E-state index in [4.69, 9.17) is 9.47 Å². The van der Waals surface area contributed by atoms with Gasteiger partial charge in [-0.3, -0.25) is 9.59 Å². The Kier molecular flexibility index (Phi) is 6.25. The molecule has 0 aliphatic heterocycles. The molecule has 142 valence electrons. The lowest BCUT2D eigenvalue weighted by Crippen LogP contribution is -2.20. The molecule has 0 spiro atoms. The van der Waals surface area contributed by atoms with Crippen LogP contribution >= 0.6 is 0 Å². The van der Waals surface area contributed by atoms with Crippen molar-refractivity contribution in [1.82, 2.24) is 0 Å². The number of carbonyl (C=O) groups excluding carboxylic acids is 2. The quantitative estimate of drug-likeness (QED) is 0.654. The number of anilines is 2. The predicted octanol–water partition coefficient (Wildman–Crippen LogP) is 3.97. The minimum atomic E-state index is -0.322. The molecule has 3 aromatic carbocycles. The highest BCUT2D eigenvalue weighted by Crippen LogP contribution is 2.25. The van der Waals surface area contributed by atoms with Crippen molar-refractivity contribution >= 4 is 23.2 Å². The van der Waals surface area contributed by atoms with Gasteiger partial charge >= 0.3 is 0 Å². The Bertz CT molecular complexity index is 958. The summed E-state index contributed by atoms with van der Waals surface area (Å²) in [6, 6.07) is 22.9. The number of amides is 2. The van der Waals surface area contributed by atoms with Gasteiger partial charge in [-0.05, 0) is 42.5 Å². The highest BCUT2D eigenvalue weighted by atomic mass is 16.5. The SMILES string of the molecule is COc1ccccc1OCC(=O)Nc1cccc(NC(=O)c2ccccc2)c1. The van der Waals surface area contributed by atoms with Crippen LogP contribution in [0, 0.1) is 0 Å². The summed E-state index contributed by atoms with van der Waals surface area (Å²) in [7, 11) is 1.54. The van der Waals surface area contributed by atoms with Gasteiger partial charge in [0.2, 0.25) is 0 Å². The van der Waals surface area contributed by atoms with Crippen LogP contribution in [0.15, 0.2) is 78.9 Å². The normalized spacial score (nSPS) is 10.0. The predicted molar refractivity (Wildman–Crippen MR) is 108 cm³/mol. The van der Waals surface area contributed by atoms with Gasteiger partial charge < -0.3 is 20.1 Å². The number of nitrogens with one attached hydrogen (secondary N) is 2. The van der Waals surface area contributed by atoms with Crippen LogP contribution in [0.5, 0.6) is 11.5 Å². The molecule has 2 N–H and O–H groups in total. The Hall–Kier alpha value is -3.80. The summed E-state index contributed by atoms with van der Waals surface area (Å²) in [4.78, 5) is 24.4.